The lowest BCUT2D eigenvalue weighted by atomic mass is 10.1. The minimum Gasteiger partial charge on any atom is -0.487 e. The number of aromatic nitrogens is 1. The number of nitrogens with one attached hydrogen (secondary N) is 1. The highest BCUT2D eigenvalue weighted by molar-refractivity contribution is 9.11. The summed E-state index contributed by atoms with van der Waals surface area (Å²) in [6, 6.07) is 33.5. The zero-order chi connectivity index (χ0) is 31.3. The lowest BCUT2D eigenvalue weighted by Crippen LogP contribution is -2.16. The molecule has 6 rings (SSSR count). The number of nitrogens with zero attached hydrogens (tertiary/aromatic N) is 2. The first-order chi connectivity index (χ1) is 21.9. The number of aryl methyl sites for hydroxylation is 2. The fourth-order valence-electron chi connectivity index (χ4n) is 5.08. The number of hydrazone groups is 1. The maximum atomic E-state index is 12.6. The van der Waals surface area contributed by atoms with E-state index in [0.29, 0.717) is 23.9 Å². The molecule has 226 valence electrons. The molecule has 45 heavy (non-hydrogen) atoms. The molecule has 9 heteroatoms. The molecule has 7 nitrogen and oxygen atoms in total. The Morgan fingerprint density at radius 2 is 1.56 bits per heavy atom. The monoisotopic (exact) mass is 725 g/mol. The number of rotatable bonds is 10. The van der Waals surface area contributed by atoms with Gasteiger partial charge in [0.15, 0.2) is 5.76 Å². The van der Waals surface area contributed by atoms with Crippen molar-refractivity contribution in [3.8, 4) is 17.2 Å². The van der Waals surface area contributed by atoms with Gasteiger partial charge in [0, 0.05) is 17.1 Å². The average molecular weight is 727 g/mol. The lowest BCUT2D eigenvalue weighted by Gasteiger charge is -2.13. The summed E-state index contributed by atoms with van der Waals surface area (Å²) in [6.45, 7) is 4.76. The lowest BCUT2D eigenvalue weighted by molar-refractivity contribution is 0.0923. The molecule has 0 bridgehead atoms. The minimum absolute atomic E-state index is 0.138. The fourth-order valence-corrected chi connectivity index (χ4v) is 6.53. The van der Waals surface area contributed by atoms with Crippen molar-refractivity contribution < 1.29 is 18.7 Å². The topological polar surface area (TPSA) is 78.0 Å². The van der Waals surface area contributed by atoms with Gasteiger partial charge in [-0.05, 0) is 128 Å². The largest absolute Gasteiger partial charge is 0.487 e. The Bertz CT molecular complexity index is 1960. The molecule has 1 amide bonds. The summed E-state index contributed by atoms with van der Waals surface area (Å²) in [5, 5.41) is 6.43. The van der Waals surface area contributed by atoms with Crippen LogP contribution in [0.3, 0.4) is 0 Å². The van der Waals surface area contributed by atoms with Crippen molar-refractivity contribution in [3.63, 3.8) is 0 Å². The quantitative estimate of drug-likeness (QED) is 0.113. The second-order valence-corrected chi connectivity index (χ2v) is 12.1. The van der Waals surface area contributed by atoms with Gasteiger partial charge >= 0.3 is 5.91 Å². The van der Waals surface area contributed by atoms with Crippen LogP contribution in [0, 0.1) is 13.8 Å². The van der Waals surface area contributed by atoms with Crippen LogP contribution in [0.25, 0.3) is 16.5 Å². The SMILES string of the molecule is Cc1ccc(C)n1-c1ccc(OCc2ccc(C(=O)N/N=C/c3cc(Br)c(OCc4cccc5ccccc45)c(Br)c3)o2)cc1. The van der Waals surface area contributed by atoms with Crippen molar-refractivity contribution in [1.29, 1.82) is 0 Å². The molecular formula is C36H29Br2N3O4. The second kappa shape index (κ2) is 13.6. The van der Waals surface area contributed by atoms with E-state index in [1.54, 1.807) is 18.3 Å². The average Bonchev–Trinajstić information content (AvgIpc) is 3.66. The van der Waals surface area contributed by atoms with Gasteiger partial charge in [-0.25, -0.2) is 5.43 Å². The maximum Gasteiger partial charge on any atom is 0.307 e. The first-order valence-corrected chi connectivity index (χ1v) is 15.8. The maximum absolute atomic E-state index is 12.6. The molecule has 0 saturated heterocycles. The van der Waals surface area contributed by atoms with Crippen LogP contribution in [-0.4, -0.2) is 16.7 Å². The smallest absolute Gasteiger partial charge is 0.307 e. The number of carbonyl (C=O) groups excluding carboxylic acids is 1. The minimum atomic E-state index is -0.465. The number of benzene rings is 4. The van der Waals surface area contributed by atoms with Gasteiger partial charge in [0.2, 0.25) is 0 Å². The number of hydrogen-bond acceptors (Lipinski definition) is 5. The Labute approximate surface area is 277 Å². The predicted molar refractivity (Wildman–Crippen MR) is 183 cm³/mol. The van der Waals surface area contributed by atoms with Crippen LogP contribution in [0.1, 0.15) is 38.8 Å². The highest BCUT2D eigenvalue weighted by Gasteiger charge is 2.13. The summed E-state index contributed by atoms with van der Waals surface area (Å²) < 4.78 is 21.4. The van der Waals surface area contributed by atoms with E-state index in [9.17, 15) is 4.79 Å². The highest BCUT2D eigenvalue weighted by Crippen LogP contribution is 2.35. The van der Waals surface area contributed by atoms with Crippen molar-refractivity contribution in [2.24, 2.45) is 5.10 Å². The molecule has 0 fully saturated rings. The molecule has 0 aliphatic rings. The number of hydrogen-bond donors (Lipinski definition) is 1. The van der Waals surface area contributed by atoms with Crippen LogP contribution in [-0.2, 0) is 13.2 Å². The fraction of sp³-hybridized carbons (Fsp3) is 0.111. The van der Waals surface area contributed by atoms with E-state index >= 15 is 0 Å². The predicted octanol–water partition coefficient (Wildman–Crippen LogP) is 9.29. The van der Waals surface area contributed by atoms with Crippen molar-refractivity contribution in [1.82, 2.24) is 9.99 Å². The first-order valence-electron chi connectivity index (χ1n) is 14.2. The van der Waals surface area contributed by atoms with Crippen LogP contribution in [0.4, 0.5) is 0 Å². The zero-order valence-electron chi connectivity index (χ0n) is 24.6. The third kappa shape index (κ3) is 7.05. The molecule has 0 spiro atoms. The molecule has 0 saturated carbocycles. The normalized spacial score (nSPS) is 11.3. The molecule has 0 radical (unpaired) electrons. The van der Waals surface area contributed by atoms with Crippen molar-refractivity contribution in [2.45, 2.75) is 27.1 Å². The van der Waals surface area contributed by atoms with Gasteiger partial charge in [0.25, 0.3) is 0 Å². The summed E-state index contributed by atoms with van der Waals surface area (Å²) in [6.07, 6.45) is 1.55. The van der Waals surface area contributed by atoms with E-state index in [-0.39, 0.29) is 12.4 Å². The van der Waals surface area contributed by atoms with Crippen LogP contribution < -0.4 is 14.9 Å². The summed E-state index contributed by atoms with van der Waals surface area (Å²) in [5.74, 6) is 1.58. The van der Waals surface area contributed by atoms with Gasteiger partial charge < -0.3 is 18.5 Å². The molecule has 4 aromatic carbocycles. The molecule has 0 aliphatic heterocycles. The Morgan fingerprint density at radius 1 is 0.844 bits per heavy atom. The van der Waals surface area contributed by atoms with Crippen LogP contribution in [0.15, 0.2) is 122 Å². The molecule has 0 atom stereocenters. The van der Waals surface area contributed by atoms with Gasteiger partial charge in [-0.15, -0.1) is 0 Å². The van der Waals surface area contributed by atoms with E-state index in [4.69, 9.17) is 13.9 Å². The van der Waals surface area contributed by atoms with E-state index in [2.05, 4.69) is 97.2 Å². The number of fused-ring (bicyclic) bond motifs is 1. The number of furan rings is 1. The number of ether oxygens (including phenoxy) is 2. The van der Waals surface area contributed by atoms with Gasteiger partial charge in [-0.1, -0.05) is 42.5 Å². The van der Waals surface area contributed by atoms with E-state index in [1.807, 2.05) is 54.6 Å². The number of halogens is 2. The van der Waals surface area contributed by atoms with Crippen LogP contribution in [0.5, 0.6) is 11.5 Å². The van der Waals surface area contributed by atoms with E-state index in [1.165, 1.54) is 16.8 Å². The summed E-state index contributed by atoms with van der Waals surface area (Å²) >= 11 is 7.20. The molecule has 6 aromatic rings. The van der Waals surface area contributed by atoms with Gasteiger partial charge in [0.1, 0.15) is 30.5 Å². The third-order valence-electron chi connectivity index (χ3n) is 7.28. The van der Waals surface area contributed by atoms with E-state index in [0.717, 1.165) is 31.1 Å². The Morgan fingerprint density at radius 3 is 2.31 bits per heavy atom. The Balaban J connectivity index is 1.02. The van der Waals surface area contributed by atoms with E-state index < -0.39 is 5.91 Å². The summed E-state index contributed by atoms with van der Waals surface area (Å²) in [7, 11) is 0. The van der Waals surface area contributed by atoms with Crippen LogP contribution in [0.2, 0.25) is 0 Å². The number of carbonyl (C=O) groups is 1. The summed E-state index contributed by atoms with van der Waals surface area (Å²) in [4.78, 5) is 12.6. The van der Waals surface area contributed by atoms with Crippen molar-refractivity contribution in [3.05, 3.63) is 146 Å². The molecular weight excluding hydrogens is 698 g/mol. The Hall–Kier alpha value is -4.60. The molecule has 2 heterocycles. The van der Waals surface area contributed by atoms with Gasteiger partial charge in [-0.3, -0.25) is 4.79 Å². The highest BCUT2D eigenvalue weighted by atomic mass is 79.9. The third-order valence-corrected chi connectivity index (χ3v) is 8.46. The van der Waals surface area contributed by atoms with Gasteiger partial charge in [-0.2, -0.15) is 5.10 Å². The summed E-state index contributed by atoms with van der Waals surface area (Å²) in [5.41, 5.74) is 7.78. The number of amides is 1. The molecule has 1 N–H and O–H groups in total. The Kier molecular flexibility index (Phi) is 9.18. The van der Waals surface area contributed by atoms with Crippen molar-refractivity contribution in [2.75, 3.05) is 0 Å². The first kappa shape index (κ1) is 30.4. The molecule has 2 aromatic heterocycles. The molecule has 0 unspecified atom stereocenters. The van der Waals surface area contributed by atoms with Gasteiger partial charge in [0.05, 0.1) is 15.2 Å². The molecule has 0 aliphatic carbocycles. The van der Waals surface area contributed by atoms with Crippen molar-refractivity contribution >= 4 is 54.8 Å². The second-order valence-electron chi connectivity index (χ2n) is 10.4. The standard InChI is InChI=1S/C36H29Br2N3O4/c1-23-10-11-24(2)41(23)28-12-14-29(15-13-28)43-22-30-16-17-34(45-30)36(42)40-39-20-25-18-32(37)35(33(38)19-25)44-21-27-8-5-7-26-6-3-4-9-31(26)27/h3-20H,21-22H2,1-2H3,(H,40,42)/b39-20+. The van der Waals surface area contributed by atoms with Crippen LogP contribution >= 0.6 is 31.9 Å². The zero-order valence-corrected chi connectivity index (χ0v) is 27.8.